The number of hydrogen-bond donors (Lipinski definition) is 1. The van der Waals surface area contributed by atoms with Crippen LogP contribution in [0.15, 0.2) is 42.5 Å². The lowest BCUT2D eigenvalue weighted by Gasteiger charge is -2.01. The summed E-state index contributed by atoms with van der Waals surface area (Å²) in [4.78, 5) is 0. The third-order valence-corrected chi connectivity index (χ3v) is 1.54. The molecule has 0 bridgehead atoms. The highest BCUT2D eigenvalue weighted by atomic mass is 16.3. The van der Waals surface area contributed by atoms with E-state index in [0.717, 1.165) is 11.1 Å². The Kier molecular flexibility index (Phi) is 3.31. The van der Waals surface area contributed by atoms with Crippen LogP contribution in [0.5, 0.6) is 0 Å². The Morgan fingerprint density at radius 1 is 1.38 bits per heavy atom. The number of allylic oxidation sites excluding steroid dienone is 1. The minimum Gasteiger partial charge on any atom is -0.376 e. The highest BCUT2D eigenvalue weighted by Gasteiger charge is 2.00. The Morgan fingerprint density at radius 2 is 2.00 bits per heavy atom. The van der Waals surface area contributed by atoms with Crippen LogP contribution in [0.25, 0.3) is 0 Å². The summed E-state index contributed by atoms with van der Waals surface area (Å²) in [6, 6.07) is 9.35. The van der Waals surface area contributed by atoms with Gasteiger partial charge in [-0.3, -0.25) is 0 Å². The maximum atomic E-state index is 9.55. The van der Waals surface area contributed by atoms with Crippen LogP contribution in [-0.4, -0.2) is 5.11 Å². The third kappa shape index (κ3) is 3.14. The van der Waals surface area contributed by atoms with Gasteiger partial charge in [0, 0.05) is 0 Å². The van der Waals surface area contributed by atoms with Crippen molar-refractivity contribution in [3.05, 3.63) is 48.0 Å². The topological polar surface area (TPSA) is 20.2 Å². The van der Waals surface area contributed by atoms with E-state index < -0.39 is 6.10 Å². The fourth-order valence-corrected chi connectivity index (χ4v) is 0.910. The lowest BCUT2D eigenvalue weighted by atomic mass is 10.1. The molecule has 0 aliphatic rings. The van der Waals surface area contributed by atoms with Crippen LogP contribution in [0.1, 0.15) is 18.6 Å². The normalized spacial score (nSPS) is 11.2. The van der Waals surface area contributed by atoms with E-state index in [1.54, 1.807) is 0 Å². The Balaban J connectivity index is 2.77. The first kappa shape index (κ1) is 9.57. The van der Waals surface area contributed by atoms with E-state index in [4.69, 9.17) is 0 Å². The molecule has 1 aromatic rings. The van der Waals surface area contributed by atoms with E-state index in [1.807, 2.05) is 37.3 Å². The molecule has 0 saturated carbocycles. The molecule has 1 nitrogen and oxygen atoms in total. The number of aliphatic hydroxyl groups excluding tert-OH is 1. The smallest absolute Gasteiger partial charge is 0.140 e. The van der Waals surface area contributed by atoms with Gasteiger partial charge in [0.1, 0.15) is 6.10 Å². The maximum absolute atomic E-state index is 9.55. The second-order valence-electron chi connectivity index (χ2n) is 2.86. The fourth-order valence-electron chi connectivity index (χ4n) is 0.910. The van der Waals surface area contributed by atoms with E-state index in [1.165, 1.54) is 0 Å². The first-order chi connectivity index (χ1) is 6.20. The molecule has 1 atom stereocenters. The molecular formula is C12H12O. The molecule has 1 heteroatoms. The van der Waals surface area contributed by atoms with E-state index in [0.29, 0.717) is 0 Å². The fraction of sp³-hybridized carbons (Fsp3) is 0.167. The van der Waals surface area contributed by atoms with Gasteiger partial charge in [-0.15, -0.1) is 0 Å². The highest BCUT2D eigenvalue weighted by Crippen LogP contribution is 2.10. The molecule has 1 rings (SSSR count). The van der Waals surface area contributed by atoms with E-state index in [9.17, 15) is 5.11 Å². The van der Waals surface area contributed by atoms with Crippen molar-refractivity contribution in [2.45, 2.75) is 13.0 Å². The average Bonchev–Trinajstić information content (AvgIpc) is 2.15. The molecular weight excluding hydrogens is 160 g/mol. The molecule has 0 unspecified atom stereocenters. The van der Waals surface area contributed by atoms with Gasteiger partial charge in [-0.2, -0.15) is 0 Å². The van der Waals surface area contributed by atoms with Crippen LogP contribution in [0.2, 0.25) is 0 Å². The van der Waals surface area contributed by atoms with Crippen LogP contribution >= 0.6 is 0 Å². The predicted octanol–water partition coefficient (Wildman–Crippen LogP) is 2.30. The molecule has 13 heavy (non-hydrogen) atoms. The Bertz CT molecular complexity index is 340. The summed E-state index contributed by atoms with van der Waals surface area (Å²) in [7, 11) is 0. The Hall–Kier alpha value is -1.52. The second-order valence-corrected chi connectivity index (χ2v) is 2.86. The van der Waals surface area contributed by atoms with Crippen molar-refractivity contribution in [1.29, 1.82) is 0 Å². The van der Waals surface area contributed by atoms with E-state index in [2.05, 4.69) is 18.4 Å². The zero-order chi connectivity index (χ0) is 9.68. The summed E-state index contributed by atoms with van der Waals surface area (Å²) >= 11 is 0. The lowest BCUT2D eigenvalue weighted by molar-refractivity contribution is 0.238. The summed E-state index contributed by atoms with van der Waals surface area (Å²) in [5.74, 6) is 5.45. The highest BCUT2D eigenvalue weighted by molar-refractivity contribution is 5.30. The van der Waals surface area contributed by atoms with Gasteiger partial charge >= 0.3 is 0 Å². The van der Waals surface area contributed by atoms with E-state index >= 15 is 0 Å². The van der Waals surface area contributed by atoms with Crippen LogP contribution < -0.4 is 0 Å². The quantitative estimate of drug-likeness (QED) is 0.644. The summed E-state index contributed by atoms with van der Waals surface area (Å²) in [5, 5.41) is 9.55. The lowest BCUT2D eigenvalue weighted by Crippen LogP contribution is -1.92. The molecule has 0 heterocycles. The SMILES string of the molecule is C=C(C)C#C[C@H](O)c1ccccc1. The van der Waals surface area contributed by atoms with Gasteiger partial charge in [0.05, 0.1) is 0 Å². The number of benzene rings is 1. The van der Waals surface area contributed by atoms with Crippen molar-refractivity contribution in [3.63, 3.8) is 0 Å². The Labute approximate surface area is 78.7 Å². The molecule has 0 spiro atoms. The molecule has 1 N–H and O–H groups in total. The van der Waals surface area contributed by atoms with Crippen LogP contribution in [0, 0.1) is 11.8 Å². The largest absolute Gasteiger partial charge is 0.376 e. The average molecular weight is 172 g/mol. The van der Waals surface area contributed by atoms with Crippen molar-refractivity contribution < 1.29 is 5.11 Å². The minimum absolute atomic E-state index is 0.710. The van der Waals surface area contributed by atoms with Crippen molar-refractivity contribution in [3.8, 4) is 11.8 Å². The minimum atomic E-state index is -0.710. The standard InChI is InChI=1S/C12H12O/c1-10(2)8-9-12(13)11-6-4-3-5-7-11/h3-7,12-13H,1H2,2H3/t12-/m0/s1. The summed E-state index contributed by atoms with van der Waals surface area (Å²) in [6.45, 7) is 5.45. The predicted molar refractivity (Wildman–Crippen MR) is 54.0 cm³/mol. The molecule has 0 aliphatic heterocycles. The first-order valence-corrected chi connectivity index (χ1v) is 4.10. The van der Waals surface area contributed by atoms with Crippen LogP contribution in [0.3, 0.4) is 0 Å². The van der Waals surface area contributed by atoms with Gasteiger partial charge < -0.3 is 5.11 Å². The number of aliphatic hydroxyl groups is 1. The monoisotopic (exact) mass is 172 g/mol. The molecule has 66 valence electrons. The maximum Gasteiger partial charge on any atom is 0.140 e. The zero-order valence-corrected chi connectivity index (χ0v) is 7.62. The van der Waals surface area contributed by atoms with Gasteiger partial charge in [0.15, 0.2) is 0 Å². The van der Waals surface area contributed by atoms with Crippen LogP contribution in [-0.2, 0) is 0 Å². The molecule has 0 aliphatic carbocycles. The summed E-state index contributed by atoms with van der Waals surface area (Å²) in [6.07, 6.45) is -0.710. The molecule has 0 fully saturated rings. The Morgan fingerprint density at radius 3 is 2.54 bits per heavy atom. The van der Waals surface area contributed by atoms with Gasteiger partial charge in [-0.25, -0.2) is 0 Å². The van der Waals surface area contributed by atoms with Gasteiger partial charge in [0.25, 0.3) is 0 Å². The van der Waals surface area contributed by atoms with Crippen LogP contribution in [0.4, 0.5) is 0 Å². The zero-order valence-electron chi connectivity index (χ0n) is 7.62. The molecule has 1 aromatic carbocycles. The van der Waals surface area contributed by atoms with Crippen molar-refractivity contribution in [2.24, 2.45) is 0 Å². The number of rotatable bonds is 1. The van der Waals surface area contributed by atoms with Gasteiger partial charge in [-0.05, 0) is 18.1 Å². The number of hydrogen-bond acceptors (Lipinski definition) is 1. The molecule has 0 radical (unpaired) electrons. The molecule has 0 saturated heterocycles. The molecule has 0 amide bonds. The molecule has 0 aromatic heterocycles. The second kappa shape index (κ2) is 4.49. The van der Waals surface area contributed by atoms with Crippen molar-refractivity contribution >= 4 is 0 Å². The van der Waals surface area contributed by atoms with Crippen molar-refractivity contribution in [2.75, 3.05) is 0 Å². The first-order valence-electron chi connectivity index (χ1n) is 4.10. The van der Waals surface area contributed by atoms with E-state index in [-0.39, 0.29) is 0 Å². The van der Waals surface area contributed by atoms with Gasteiger partial charge in [-0.1, -0.05) is 48.8 Å². The van der Waals surface area contributed by atoms with Crippen molar-refractivity contribution in [1.82, 2.24) is 0 Å². The summed E-state index contributed by atoms with van der Waals surface area (Å²) in [5.41, 5.74) is 1.58. The third-order valence-electron chi connectivity index (χ3n) is 1.54. The van der Waals surface area contributed by atoms with Gasteiger partial charge in [0.2, 0.25) is 0 Å². The summed E-state index contributed by atoms with van der Waals surface area (Å²) < 4.78 is 0.